The van der Waals surface area contributed by atoms with Crippen LogP contribution in [-0.2, 0) is 25.7 Å². The maximum Gasteiger partial charge on any atom is 0.0467 e. The topological polar surface area (TPSA) is 6.48 Å². The van der Waals surface area contributed by atoms with Gasteiger partial charge < -0.3 is 9.80 Å². The summed E-state index contributed by atoms with van der Waals surface area (Å²) in [6, 6.07) is 84.5. The molecule has 0 N–H and O–H groups in total. The van der Waals surface area contributed by atoms with E-state index in [-0.39, 0.29) is 0 Å². The minimum absolute atomic E-state index is 1.14. The van der Waals surface area contributed by atoms with Crippen molar-refractivity contribution < 1.29 is 0 Å². The van der Waals surface area contributed by atoms with Crippen molar-refractivity contribution in [2.45, 2.75) is 53.4 Å². The lowest BCUT2D eigenvalue weighted by atomic mass is 9.86. The lowest BCUT2D eigenvalue weighted by Gasteiger charge is -2.26. The summed E-state index contributed by atoms with van der Waals surface area (Å²) in [5, 5.41) is 0. The standard InChI is InChI=1S/C40H33N.C28H25N/c1-28-3-7-30(8-4-28)31-9-11-32(12-10-31)33-17-23-39(24-18-33)41(38-21-5-29(2)6-22-38)40-25-19-35(20-26-40)37-16-14-34-13-15-36(34)27-37;1-20-6-14-26(15-7-20)29(27-16-8-21(2)9-17-27)28-5-3-4-23(19-28)25-13-11-22-10-12-24(22)18-25/h3-12,14,16-27H,13,15H2,1-2H3;3-9,11,13-19H,10,12H2,1-2H3. The predicted octanol–water partition coefficient (Wildman–Crippen LogP) is 18.4. The van der Waals surface area contributed by atoms with Crippen LogP contribution in [0.5, 0.6) is 0 Å². The van der Waals surface area contributed by atoms with Gasteiger partial charge in [0.05, 0.1) is 0 Å². The largest absolute Gasteiger partial charge is 0.311 e. The van der Waals surface area contributed by atoms with E-state index in [1.165, 1.54) is 132 Å². The van der Waals surface area contributed by atoms with Gasteiger partial charge in [0.15, 0.2) is 0 Å². The molecular formula is C68H58N2. The molecule has 0 radical (unpaired) electrons. The second kappa shape index (κ2) is 19.4. The van der Waals surface area contributed by atoms with Crippen LogP contribution in [0.4, 0.5) is 34.1 Å². The van der Waals surface area contributed by atoms with Crippen molar-refractivity contribution in [1.82, 2.24) is 0 Å². The van der Waals surface area contributed by atoms with Crippen LogP contribution < -0.4 is 9.80 Å². The van der Waals surface area contributed by atoms with Crippen molar-refractivity contribution in [3.63, 3.8) is 0 Å². The Kier molecular flexibility index (Phi) is 12.3. The second-order valence-electron chi connectivity index (χ2n) is 19.2. The smallest absolute Gasteiger partial charge is 0.0467 e. The van der Waals surface area contributed by atoms with Crippen molar-refractivity contribution >= 4 is 34.1 Å². The van der Waals surface area contributed by atoms with Gasteiger partial charge in [0.2, 0.25) is 0 Å². The van der Waals surface area contributed by atoms with Gasteiger partial charge in [-0.1, -0.05) is 180 Å². The van der Waals surface area contributed by atoms with E-state index in [1.807, 2.05) is 0 Å². The maximum absolute atomic E-state index is 2.36. The lowest BCUT2D eigenvalue weighted by Crippen LogP contribution is -2.10. The van der Waals surface area contributed by atoms with E-state index in [0.717, 1.165) is 17.1 Å². The van der Waals surface area contributed by atoms with E-state index in [1.54, 1.807) is 0 Å². The monoisotopic (exact) mass is 902 g/mol. The van der Waals surface area contributed by atoms with Crippen molar-refractivity contribution in [2.24, 2.45) is 0 Å². The SMILES string of the molecule is Cc1ccc(-c2ccc(-c3ccc(N(c4ccc(C)cc4)c4ccc(-c5ccc6c(c5)CC6)cc4)cc3)cc2)cc1.Cc1ccc(N(c2ccc(C)cc2)c2cccc(-c3ccc4c(c3)CC4)c2)cc1. The van der Waals surface area contributed by atoms with Gasteiger partial charge in [-0.15, -0.1) is 0 Å². The zero-order valence-corrected chi connectivity index (χ0v) is 40.7. The highest BCUT2D eigenvalue weighted by Crippen LogP contribution is 2.40. The van der Waals surface area contributed by atoms with E-state index in [0.29, 0.717) is 0 Å². The number of anilines is 6. The number of nitrogens with zero attached hydrogens (tertiary/aromatic N) is 2. The Morgan fingerprint density at radius 2 is 0.471 bits per heavy atom. The van der Waals surface area contributed by atoms with Crippen molar-refractivity contribution in [3.8, 4) is 44.5 Å². The zero-order chi connectivity index (χ0) is 47.6. The summed E-state index contributed by atoms with van der Waals surface area (Å²) >= 11 is 0. The average molecular weight is 903 g/mol. The predicted molar refractivity (Wildman–Crippen MR) is 298 cm³/mol. The molecule has 12 rings (SSSR count). The summed E-state index contributed by atoms with van der Waals surface area (Å²) in [7, 11) is 0. The molecule has 0 saturated carbocycles. The number of hydrogen-bond acceptors (Lipinski definition) is 2. The highest BCUT2D eigenvalue weighted by atomic mass is 15.1. The summed E-state index contributed by atoms with van der Waals surface area (Å²) in [6.07, 6.45) is 4.86. The van der Waals surface area contributed by atoms with Gasteiger partial charge in [-0.3, -0.25) is 0 Å². The molecule has 0 amide bonds. The molecule has 0 fully saturated rings. The molecule has 2 aliphatic carbocycles. The molecule has 10 aromatic rings. The molecule has 0 heterocycles. The van der Waals surface area contributed by atoms with Gasteiger partial charge >= 0.3 is 0 Å². The molecule has 0 atom stereocenters. The van der Waals surface area contributed by atoms with Crippen molar-refractivity contribution in [2.75, 3.05) is 9.80 Å². The molecule has 2 nitrogen and oxygen atoms in total. The number of aryl methyl sites for hydroxylation is 8. The fourth-order valence-corrected chi connectivity index (χ4v) is 9.76. The van der Waals surface area contributed by atoms with E-state index in [2.05, 4.69) is 268 Å². The number of rotatable bonds is 10. The van der Waals surface area contributed by atoms with Crippen LogP contribution in [0.25, 0.3) is 44.5 Å². The number of benzene rings is 10. The van der Waals surface area contributed by atoms with Crippen molar-refractivity contribution in [1.29, 1.82) is 0 Å². The zero-order valence-electron chi connectivity index (χ0n) is 40.7. The quantitative estimate of drug-likeness (QED) is 0.135. The third-order valence-electron chi connectivity index (χ3n) is 14.2. The fourth-order valence-electron chi connectivity index (χ4n) is 9.76. The van der Waals surface area contributed by atoms with Crippen LogP contribution in [0.2, 0.25) is 0 Å². The third-order valence-corrected chi connectivity index (χ3v) is 14.2. The molecule has 0 bridgehead atoms. The number of hydrogen-bond donors (Lipinski definition) is 0. The first kappa shape index (κ1) is 44.3. The molecule has 70 heavy (non-hydrogen) atoms. The van der Waals surface area contributed by atoms with Gasteiger partial charge in [0.1, 0.15) is 0 Å². The van der Waals surface area contributed by atoms with E-state index >= 15 is 0 Å². The fraction of sp³-hybridized carbons (Fsp3) is 0.118. The van der Waals surface area contributed by atoms with Crippen LogP contribution >= 0.6 is 0 Å². The minimum Gasteiger partial charge on any atom is -0.311 e. The molecule has 0 saturated heterocycles. The maximum atomic E-state index is 2.36. The highest BCUT2D eigenvalue weighted by molar-refractivity contribution is 5.82. The molecule has 2 heteroatoms. The average Bonchev–Trinajstić information content (AvgIpc) is 3.38. The summed E-state index contributed by atoms with van der Waals surface area (Å²) < 4.78 is 0. The first-order valence-corrected chi connectivity index (χ1v) is 24.8. The van der Waals surface area contributed by atoms with Crippen LogP contribution in [0.3, 0.4) is 0 Å². The second-order valence-corrected chi connectivity index (χ2v) is 19.2. The van der Waals surface area contributed by atoms with Crippen LogP contribution in [0, 0.1) is 27.7 Å². The normalized spacial score (nSPS) is 12.1. The molecule has 340 valence electrons. The molecule has 0 unspecified atom stereocenters. The van der Waals surface area contributed by atoms with Crippen LogP contribution in [0.15, 0.2) is 231 Å². The summed E-state index contributed by atoms with van der Waals surface area (Å²) in [4.78, 5) is 4.68. The van der Waals surface area contributed by atoms with Crippen LogP contribution in [0.1, 0.15) is 44.5 Å². The molecule has 0 spiro atoms. The lowest BCUT2D eigenvalue weighted by molar-refractivity contribution is 0.840. The van der Waals surface area contributed by atoms with E-state index in [9.17, 15) is 0 Å². The third kappa shape index (κ3) is 9.46. The van der Waals surface area contributed by atoms with Gasteiger partial charge in [-0.05, 0) is 193 Å². The molecule has 2 aliphatic rings. The van der Waals surface area contributed by atoms with E-state index < -0.39 is 0 Å². The molecule has 0 aliphatic heterocycles. The first-order valence-electron chi connectivity index (χ1n) is 24.8. The van der Waals surface area contributed by atoms with Gasteiger partial charge in [0, 0.05) is 34.1 Å². The van der Waals surface area contributed by atoms with Gasteiger partial charge in [-0.2, -0.15) is 0 Å². The Bertz CT molecular complexity index is 3360. The number of fused-ring (bicyclic) bond motifs is 2. The van der Waals surface area contributed by atoms with Gasteiger partial charge in [0.25, 0.3) is 0 Å². The first-order chi connectivity index (χ1) is 34.3. The van der Waals surface area contributed by atoms with Crippen molar-refractivity contribution in [3.05, 3.63) is 275 Å². The molecule has 0 aromatic heterocycles. The van der Waals surface area contributed by atoms with Crippen LogP contribution in [-0.4, -0.2) is 0 Å². The Morgan fingerprint density at radius 3 is 0.829 bits per heavy atom. The summed E-state index contributed by atoms with van der Waals surface area (Å²) in [5.41, 5.74) is 28.1. The van der Waals surface area contributed by atoms with E-state index in [4.69, 9.17) is 0 Å². The minimum atomic E-state index is 1.14. The Labute approximate surface area is 414 Å². The molecular weight excluding hydrogens is 845 g/mol. The Morgan fingerprint density at radius 1 is 0.214 bits per heavy atom. The molecule has 10 aromatic carbocycles. The van der Waals surface area contributed by atoms with Gasteiger partial charge in [-0.25, -0.2) is 0 Å². The Hall–Kier alpha value is -8.20. The highest BCUT2D eigenvalue weighted by Gasteiger charge is 2.18. The summed E-state index contributed by atoms with van der Waals surface area (Å²) in [5.74, 6) is 0. The summed E-state index contributed by atoms with van der Waals surface area (Å²) in [6.45, 7) is 8.52. The Balaban J connectivity index is 0.000000162.